The third-order valence-electron chi connectivity index (χ3n) is 6.12. The van der Waals surface area contributed by atoms with Crippen molar-refractivity contribution in [1.29, 1.82) is 0 Å². The number of likely N-dealkylation sites (tertiary alicyclic amines) is 1. The molecule has 3 rings (SSSR count). The fraction of sp³-hybridized carbons (Fsp3) is 0.500. The van der Waals surface area contributed by atoms with Crippen molar-refractivity contribution < 1.29 is 27.4 Å². The Hall–Kier alpha value is -2.49. The Bertz CT molecular complexity index is 1090. The molecule has 0 unspecified atom stereocenters. The molecule has 36 heavy (non-hydrogen) atoms. The smallest absolute Gasteiger partial charge is 0.229 e. The van der Waals surface area contributed by atoms with Gasteiger partial charge in [-0.3, -0.25) is 14.4 Å². The Morgan fingerprint density at radius 3 is 2.33 bits per heavy atom. The summed E-state index contributed by atoms with van der Waals surface area (Å²) in [6.45, 7) is 6.00. The molecule has 1 aliphatic rings. The highest BCUT2D eigenvalue weighted by atomic mass is 35.5. The highest BCUT2D eigenvalue weighted by Gasteiger charge is 2.21. The van der Waals surface area contributed by atoms with E-state index in [0.29, 0.717) is 36.9 Å². The van der Waals surface area contributed by atoms with Crippen LogP contribution in [0.4, 0.5) is 5.69 Å². The van der Waals surface area contributed by atoms with Gasteiger partial charge in [0.2, 0.25) is 10.0 Å². The zero-order chi connectivity index (χ0) is 25.3. The van der Waals surface area contributed by atoms with Crippen LogP contribution in [0.2, 0.25) is 0 Å². The number of carbonyl (C=O) groups excluding carboxylic acids is 1. The first-order chi connectivity index (χ1) is 16.8. The van der Waals surface area contributed by atoms with Gasteiger partial charge in [-0.15, -0.1) is 12.4 Å². The maximum absolute atomic E-state index is 12.8. The second-order valence-electron chi connectivity index (χ2n) is 8.76. The van der Waals surface area contributed by atoms with Crippen molar-refractivity contribution in [2.24, 2.45) is 5.92 Å². The van der Waals surface area contributed by atoms with E-state index in [-0.39, 0.29) is 23.9 Å². The molecule has 0 bridgehead atoms. The zero-order valence-electron chi connectivity index (χ0n) is 21.2. The summed E-state index contributed by atoms with van der Waals surface area (Å²) in [5, 5.41) is 0. The Morgan fingerprint density at radius 2 is 1.72 bits per heavy atom. The Balaban J connectivity index is 0.00000456. The molecule has 0 spiro atoms. The summed E-state index contributed by atoms with van der Waals surface area (Å²) >= 11 is 0. The van der Waals surface area contributed by atoms with Crippen LogP contribution in [0, 0.1) is 5.92 Å². The van der Waals surface area contributed by atoms with Crippen molar-refractivity contribution in [3.05, 3.63) is 48.0 Å². The summed E-state index contributed by atoms with van der Waals surface area (Å²) in [4.78, 5) is 15.2. The number of carbonyl (C=O) groups is 1. The van der Waals surface area contributed by atoms with Crippen LogP contribution in [0.3, 0.4) is 0 Å². The Morgan fingerprint density at radius 1 is 1.06 bits per heavy atom. The summed E-state index contributed by atoms with van der Waals surface area (Å²) < 4.78 is 42.4. The van der Waals surface area contributed by atoms with Crippen LogP contribution < -0.4 is 18.9 Å². The number of rotatable bonds is 13. The molecule has 1 heterocycles. The van der Waals surface area contributed by atoms with Gasteiger partial charge in [-0.25, -0.2) is 8.42 Å². The van der Waals surface area contributed by atoms with Crippen molar-refractivity contribution in [1.82, 2.24) is 4.90 Å². The summed E-state index contributed by atoms with van der Waals surface area (Å²) in [5.74, 6) is 2.44. The fourth-order valence-electron chi connectivity index (χ4n) is 4.27. The molecule has 0 aromatic heterocycles. The lowest BCUT2D eigenvalue weighted by molar-refractivity contribution is 0.0959. The number of methoxy groups -OCH3 is 1. The molecular formula is C26H37ClN2O6S. The number of piperidine rings is 1. The maximum atomic E-state index is 12.8. The molecule has 1 fully saturated rings. The van der Waals surface area contributed by atoms with E-state index in [1.807, 2.05) is 31.2 Å². The van der Waals surface area contributed by atoms with Gasteiger partial charge in [-0.05, 0) is 75.5 Å². The number of nitrogens with one attached hydrogen (secondary N) is 1. The monoisotopic (exact) mass is 540 g/mol. The number of halogens is 1. The molecule has 2 aromatic rings. The largest absolute Gasteiger partial charge is 0.495 e. The van der Waals surface area contributed by atoms with Crippen molar-refractivity contribution >= 4 is 33.9 Å². The van der Waals surface area contributed by atoms with E-state index < -0.39 is 10.0 Å². The van der Waals surface area contributed by atoms with Crippen LogP contribution in [0.5, 0.6) is 17.2 Å². The van der Waals surface area contributed by atoms with E-state index in [0.717, 1.165) is 56.7 Å². The number of Topliss-reactive ketones (excluding diaryl/α,β-unsaturated/α-hetero) is 1. The summed E-state index contributed by atoms with van der Waals surface area (Å²) in [6.07, 6.45) is 4.43. The molecule has 8 nitrogen and oxygen atoms in total. The van der Waals surface area contributed by atoms with Crippen LogP contribution in [0.25, 0.3) is 0 Å². The van der Waals surface area contributed by atoms with Gasteiger partial charge in [0.1, 0.15) is 12.4 Å². The normalized spacial score (nSPS) is 14.5. The van der Waals surface area contributed by atoms with E-state index >= 15 is 0 Å². The van der Waals surface area contributed by atoms with Crippen LogP contribution in [-0.4, -0.2) is 65.3 Å². The SMILES string of the molecule is CCOc1ccccc1OCCN1CCC(CCC(=O)c2ccc(OC)c(NS(C)(=O)=O)c2)CC1.Cl. The summed E-state index contributed by atoms with van der Waals surface area (Å²) in [7, 11) is -2.01. The quantitative estimate of drug-likeness (QED) is 0.370. The molecule has 0 saturated carbocycles. The fourth-order valence-corrected chi connectivity index (χ4v) is 4.83. The third kappa shape index (κ3) is 9.19. The minimum Gasteiger partial charge on any atom is -0.495 e. The molecule has 1 saturated heterocycles. The van der Waals surface area contributed by atoms with E-state index in [9.17, 15) is 13.2 Å². The number of para-hydroxylation sites is 2. The van der Waals surface area contributed by atoms with Gasteiger partial charge >= 0.3 is 0 Å². The third-order valence-corrected chi connectivity index (χ3v) is 6.71. The molecule has 2 aromatic carbocycles. The average molecular weight is 541 g/mol. The van der Waals surface area contributed by atoms with E-state index in [4.69, 9.17) is 14.2 Å². The van der Waals surface area contributed by atoms with Crippen molar-refractivity contribution in [2.45, 2.75) is 32.6 Å². The van der Waals surface area contributed by atoms with Gasteiger partial charge in [-0.2, -0.15) is 0 Å². The molecule has 0 atom stereocenters. The van der Waals surface area contributed by atoms with E-state index in [1.165, 1.54) is 7.11 Å². The standard InChI is InChI=1S/C26H36N2O6S.ClH/c1-4-33-25-7-5-6-8-26(25)34-18-17-28-15-13-20(14-16-28)9-11-23(29)21-10-12-24(32-2)22(19-21)27-35(3,30)31;/h5-8,10,12,19-20,27H,4,9,11,13-18H2,1-3H3;1H. The lowest BCUT2D eigenvalue weighted by atomic mass is 9.90. The maximum Gasteiger partial charge on any atom is 0.229 e. The summed E-state index contributed by atoms with van der Waals surface area (Å²) in [6, 6.07) is 12.6. The van der Waals surface area contributed by atoms with Gasteiger partial charge in [0.05, 0.1) is 25.7 Å². The predicted molar refractivity (Wildman–Crippen MR) is 145 cm³/mol. The first kappa shape index (κ1) is 29.7. The average Bonchev–Trinajstić information content (AvgIpc) is 2.83. The van der Waals surface area contributed by atoms with Crippen LogP contribution in [0.15, 0.2) is 42.5 Å². The molecule has 0 amide bonds. The second kappa shape index (κ2) is 14.3. The minimum atomic E-state index is -3.48. The zero-order valence-corrected chi connectivity index (χ0v) is 22.8. The van der Waals surface area contributed by atoms with Crippen molar-refractivity contribution in [3.63, 3.8) is 0 Å². The van der Waals surface area contributed by atoms with Gasteiger partial charge in [0.15, 0.2) is 17.3 Å². The number of ketones is 1. The number of hydrogen-bond donors (Lipinski definition) is 1. The minimum absolute atomic E-state index is 0. The molecule has 1 N–H and O–H groups in total. The van der Waals surface area contributed by atoms with Crippen molar-refractivity contribution in [3.8, 4) is 17.2 Å². The molecule has 200 valence electrons. The molecular weight excluding hydrogens is 504 g/mol. The Kier molecular flexibility index (Phi) is 11.8. The van der Waals surface area contributed by atoms with Crippen LogP contribution in [-0.2, 0) is 10.0 Å². The topological polar surface area (TPSA) is 94.2 Å². The molecule has 0 aliphatic carbocycles. The lowest BCUT2D eigenvalue weighted by Crippen LogP contribution is -2.36. The first-order valence-electron chi connectivity index (χ1n) is 12.0. The molecule has 0 radical (unpaired) electrons. The van der Waals surface area contributed by atoms with Crippen LogP contribution >= 0.6 is 12.4 Å². The predicted octanol–water partition coefficient (Wildman–Crippen LogP) is 4.64. The summed E-state index contributed by atoms with van der Waals surface area (Å²) in [5.41, 5.74) is 0.763. The second-order valence-corrected chi connectivity index (χ2v) is 10.5. The van der Waals surface area contributed by atoms with Gasteiger partial charge in [-0.1, -0.05) is 12.1 Å². The van der Waals surface area contributed by atoms with Crippen LogP contribution in [0.1, 0.15) is 43.0 Å². The number of nitrogens with zero attached hydrogens (tertiary/aromatic N) is 1. The molecule has 10 heteroatoms. The number of ether oxygens (including phenoxy) is 3. The highest BCUT2D eigenvalue weighted by Crippen LogP contribution is 2.29. The number of benzene rings is 2. The number of anilines is 1. The van der Waals surface area contributed by atoms with Gasteiger partial charge < -0.3 is 14.2 Å². The van der Waals surface area contributed by atoms with Crippen molar-refractivity contribution in [2.75, 3.05) is 50.9 Å². The Labute approximate surface area is 220 Å². The first-order valence-corrected chi connectivity index (χ1v) is 13.9. The molecule has 1 aliphatic heterocycles. The highest BCUT2D eigenvalue weighted by molar-refractivity contribution is 7.92. The number of hydrogen-bond acceptors (Lipinski definition) is 7. The number of sulfonamides is 1. The van der Waals surface area contributed by atoms with E-state index in [1.54, 1.807) is 18.2 Å². The van der Waals surface area contributed by atoms with Gasteiger partial charge in [0.25, 0.3) is 0 Å². The lowest BCUT2D eigenvalue weighted by Gasteiger charge is -2.31. The van der Waals surface area contributed by atoms with E-state index in [2.05, 4.69) is 9.62 Å². The van der Waals surface area contributed by atoms with Gasteiger partial charge in [0, 0.05) is 18.5 Å².